The first-order valence-corrected chi connectivity index (χ1v) is 10.2. The minimum atomic E-state index is -0.942. The molecule has 0 fully saturated rings. The number of carbonyl (C=O) groups is 4. The molecule has 29 heavy (non-hydrogen) atoms. The fraction of sp³-hybridized carbons (Fsp3) is 0.800. The highest BCUT2D eigenvalue weighted by Gasteiger charge is 2.24. The third-order valence-electron chi connectivity index (χ3n) is 4.60. The lowest BCUT2D eigenvalue weighted by Gasteiger charge is -2.17. The number of Topliss-reactive ketones (excluding diaryl/α,β-unsaturated/α-hetero) is 2. The van der Waals surface area contributed by atoms with Gasteiger partial charge in [0.05, 0.1) is 26.4 Å². The van der Waals surface area contributed by atoms with Crippen LogP contribution in [0, 0.1) is 11.8 Å². The third-order valence-corrected chi connectivity index (χ3v) is 4.60. The van der Waals surface area contributed by atoms with Crippen molar-refractivity contribution < 1.29 is 33.8 Å². The molecule has 4 N–H and O–H groups in total. The molecule has 0 aromatic rings. The van der Waals surface area contributed by atoms with Crippen molar-refractivity contribution in [3.8, 4) is 0 Å². The predicted molar refractivity (Wildman–Crippen MR) is 107 cm³/mol. The van der Waals surface area contributed by atoms with Crippen LogP contribution in [0.3, 0.4) is 0 Å². The number of carboxylic acids is 1. The summed E-state index contributed by atoms with van der Waals surface area (Å²) >= 11 is 0. The molecule has 0 bridgehead atoms. The molecule has 0 aliphatic carbocycles. The summed E-state index contributed by atoms with van der Waals surface area (Å²) in [5, 5.41) is 11.5. The minimum Gasteiger partial charge on any atom is -0.481 e. The zero-order valence-electron chi connectivity index (χ0n) is 17.6. The van der Waals surface area contributed by atoms with E-state index in [0.29, 0.717) is 45.9 Å². The van der Waals surface area contributed by atoms with E-state index < -0.39 is 11.9 Å². The fourth-order valence-corrected chi connectivity index (χ4v) is 2.81. The zero-order chi connectivity index (χ0) is 22.1. The summed E-state index contributed by atoms with van der Waals surface area (Å²) in [5.41, 5.74) is 5.29. The van der Waals surface area contributed by atoms with E-state index in [2.05, 4.69) is 5.32 Å². The van der Waals surface area contributed by atoms with E-state index >= 15 is 0 Å². The zero-order valence-corrected chi connectivity index (χ0v) is 17.6. The fourth-order valence-electron chi connectivity index (χ4n) is 2.81. The number of nitrogens with one attached hydrogen (secondary N) is 1. The summed E-state index contributed by atoms with van der Waals surface area (Å²) in [4.78, 5) is 46.9. The number of hydrogen-bond donors (Lipinski definition) is 3. The van der Waals surface area contributed by atoms with Gasteiger partial charge in [-0.15, -0.1) is 0 Å². The van der Waals surface area contributed by atoms with Crippen molar-refractivity contribution in [2.24, 2.45) is 17.6 Å². The van der Waals surface area contributed by atoms with Crippen molar-refractivity contribution in [1.82, 2.24) is 5.32 Å². The quantitative estimate of drug-likeness (QED) is 0.264. The Labute approximate surface area is 172 Å². The van der Waals surface area contributed by atoms with Gasteiger partial charge in [-0.25, -0.2) is 0 Å². The van der Waals surface area contributed by atoms with Crippen molar-refractivity contribution in [3.05, 3.63) is 0 Å². The summed E-state index contributed by atoms with van der Waals surface area (Å²) < 4.78 is 10.5. The molecule has 0 aromatic heterocycles. The molecule has 0 aromatic carbocycles. The Morgan fingerprint density at radius 2 is 1.59 bits per heavy atom. The highest BCUT2D eigenvalue weighted by molar-refractivity contribution is 5.88. The van der Waals surface area contributed by atoms with Crippen LogP contribution in [0.25, 0.3) is 0 Å². The normalized spacial score (nSPS) is 12.9. The largest absolute Gasteiger partial charge is 0.481 e. The first-order valence-electron chi connectivity index (χ1n) is 10.2. The summed E-state index contributed by atoms with van der Waals surface area (Å²) in [5.74, 6) is -2.29. The second-order valence-electron chi connectivity index (χ2n) is 6.92. The molecule has 0 aliphatic heterocycles. The van der Waals surface area contributed by atoms with Crippen molar-refractivity contribution in [2.75, 3.05) is 39.5 Å². The van der Waals surface area contributed by atoms with Crippen LogP contribution in [-0.2, 0) is 28.7 Å². The molecule has 0 saturated carbocycles. The molecule has 2 unspecified atom stereocenters. The van der Waals surface area contributed by atoms with Gasteiger partial charge in [-0.1, -0.05) is 6.92 Å². The highest BCUT2D eigenvalue weighted by atomic mass is 16.5. The van der Waals surface area contributed by atoms with Gasteiger partial charge in [0.15, 0.2) is 0 Å². The van der Waals surface area contributed by atoms with Gasteiger partial charge in [0.2, 0.25) is 5.91 Å². The highest BCUT2D eigenvalue weighted by Crippen LogP contribution is 2.20. The number of carbonyl (C=O) groups excluding carboxylic acids is 3. The van der Waals surface area contributed by atoms with Crippen molar-refractivity contribution in [2.45, 2.75) is 52.4 Å². The van der Waals surface area contributed by atoms with Gasteiger partial charge < -0.3 is 25.6 Å². The number of amides is 1. The molecule has 0 aliphatic rings. The van der Waals surface area contributed by atoms with E-state index in [9.17, 15) is 19.2 Å². The predicted octanol–water partition coefficient (Wildman–Crippen LogP) is 0.930. The minimum absolute atomic E-state index is 0.0483. The first-order chi connectivity index (χ1) is 13.8. The Morgan fingerprint density at radius 1 is 0.966 bits per heavy atom. The van der Waals surface area contributed by atoms with Gasteiger partial charge in [-0.05, 0) is 26.2 Å². The second kappa shape index (κ2) is 17.1. The molecule has 0 saturated heterocycles. The molecule has 9 heteroatoms. The standard InChI is InChI=1S/C20H36N2O7/c1-3-16(5-7-20(26)27)18(24)14-17(15(2)23)4-6-19(25)22-9-11-29-13-12-28-10-8-21/h16-17H,3-14,21H2,1-2H3,(H,22,25)(H,26,27). The van der Waals surface area contributed by atoms with Crippen LogP contribution < -0.4 is 11.1 Å². The lowest BCUT2D eigenvalue weighted by Crippen LogP contribution is -2.29. The van der Waals surface area contributed by atoms with Crippen LogP contribution >= 0.6 is 0 Å². The van der Waals surface area contributed by atoms with E-state index in [1.807, 2.05) is 6.92 Å². The van der Waals surface area contributed by atoms with Gasteiger partial charge in [0, 0.05) is 44.2 Å². The molecule has 2 atom stereocenters. The number of carboxylic acid groups (broad SMARTS) is 1. The molecule has 0 rings (SSSR count). The molecule has 0 heterocycles. The maximum absolute atomic E-state index is 12.4. The smallest absolute Gasteiger partial charge is 0.303 e. The van der Waals surface area contributed by atoms with Crippen LogP contribution in [0.2, 0.25) is 0 Å². The average molecular weight is 417 g/mol. The van der Waals surface area contributed by atoms with Crippen LogP contribution in [-0.4, -0.2) is 68.1 Å². The Bertz CT molecular complexity index is 511. The number of hydrogen-bond acceptors (Lipinski definition) is 7. The lowest BCUT2D eigenvalue weighted by molar-refractivity contribution is -0.138. The van der Waals surface area contributed by atoms with E-state index in [-0.39, 0.29) is 55.5 Å². The summed E-state index contributed by atoms with van der Waals surface area (Å²) in [6, 6.07) is 0. The maximum Gasteiger partial charge on any atom is 0.303 e. The topological polar surface area (TPSA) is 145 Å². The van der Waals surface area contributed by atoms with Gasteiger partial charge in [0.25, 0.3) is 0 Å². The van der Waals surface area contributed by atoms with Crippen molar-refractivity contribution in [1.29, 1.82) is 0 Å². The van der Waals surface area contributed by atoms with Crippen molar-refractivity contribution >= 4 is 23.4 Å². The lowest BCUT2D eigenvalue weighted by atomic mass is 9.86. The first kappa shape index (κ1) is 27.2. The van der Waals surface area contributed by atoms with Gasteiger partial charge in [-0.3, -0.25) is 19.2 Å². The Balaban J connectivity index is 4.16. The van der Waals surface area contributed by atoms with E-state index in [4.69, 9.17) is 20.3 Å². The molecule has 0 spiro atoms. The summed E-state index contributed by atoms with van der Waals surface area (Å²) in [7, 11) is 0. The monoisotopic (exact) mass is 416 g/mol. The Kier molecular flexibility index (Phi) is 16.0. The van der Waals surface area contributed by atoms with E-state index in [1.54, 1.807) is 0 Å². The number of ether oxygens (including phenoxy) is 2. The molecule has 0 radical (unpaired) electrons. The van der Waals surface area contributed by atoms with Crippen molar-refractivity contribution in [3.63, 3.8) is 0 Å². The summed E-state index contributed by atoms with van der Waals surface area (Å²) in [6.45, 7) is 5.76. The molecular formula is C20H36N2O7. The Hall–Kier alpha value is -1.84. The van der Waals surface area contributed by atoms with Crippen LogP contribution in [0.15, 0.2) is 0 Å². The molecule has 1 amide bonds. The van der Waals surface area contributed by atoms with Crippen LogP contribution in [0.5, 0.6) is 0 Å². The average Bonchev–Trinajstić information content (AvgIpc) is 2.67. The maximum atomic E-state index is 12.4. The number of nitrogens with two attached hydrogens (primary N) is 1. The van der Waals surface area contributed by atoms with Gasteiger partial charge in [0.1, 0.15) is 11.6 Å². The Morgan fingerprint density at radius 3 is 2.14 bits per heavy atom. The van der Waals surface area contributed by atoms with Crippen LogP contribution in [0.4, 0.5) is 0 Å². The van der Waals surface area contributed by atoms with E-state index in [0.717, 1.165) is 0 Å². The number of ketones is 2. The summed E-state index contributed by atoms with van der Waals surface area (Å²) in [6.07, 6.45) is 1.21. The molecule has 9 nitrogen and oxygen atoms in total. The van der Waals surface area contributed by atoms with Crippen LogP contribution in [0.1, 0.15) is 52.4 Å². The third kappa shape index (κ3) is 14.8. The SMILES string of the molecule is CCC(CCC(=O)O)C(=O)CC(CCC(=O)NCCOCCOCCN)C(C)=O. The van der Waals surface area contributed by atoms with E-state index in [1.165, 1.54) is 6.92 Å². The number of rotatable bonds is 19. The molecular weight excluding hydrogens is 380 g/mol. The van der Waals surface area contributed by atoms with Gasteiger partial charge in [-0.2, -0.15) is 0 Å². The number of aliphatic carboxylic acids is 1. The van der Waals surface area contributed by atoms with Gasteiger partial charge >= 0.3 is 5.97 Å². The molecule has 168 valence electrons. The second-order valence-corrected chi connectivity index (χ2v) is 6.92.